The lowest BCUT2D eigenvalue weighted by Crippen LogP contribution is -2.26. The Bertz CT molecular complexity index is 623. The summed E-state index contributed by atoms with van der Waals surface area (Å²) in [6, 6.07) is 5.60. The van der Waals surface area contributed by atoms with Gasteiger partial charge in [-0.1, -0.05) is 31.5 Å². The van der Waals surface area contributed by atoms with E-state index in [9.17, 15) is 9.59 Å². The number of fused-ring (bicyclic) bond motifs is 1. The lowest BCUT2D eigenvalue weighted by atomic mass is 10.1. The van der Waals surface area contributed by atoms with Crippen LogP contribution < -0.4 is 11.5 Å². The van der Waals surface area contributed by atoms with Crippen molar-refractivity contribution in [2.45, 2.75) is 40.2 Å². The maximum absolute atomic E-state index is 12.0. The van der Waals surface area contributed by atoms with Gasteiger partial charge < -0.3 is 16.4 Å². The van der Waals surface area contributed by atoms with Crippen molar-refractivity contribution >= 4 is 29.4 Å². The first kappa shape index (κ1) is 20.0. The topological polar surface area (TPSA) is 102 Å². The van der Waals surface area contributed by atoms with Crippen molar-refractivity contribution in [2.24, 2.45) is 22.4 Å². The van der Waals surface area contributed by atoms with Gasteiger partial charge in [0.05, 0.1) is 0 Å². The van der Waals surface area contributed by atoms with Crippen molar-refractivity contribution in [3.05, 3.63) is 34.3 Å². The van der Waals surface area contributed by atoms with E-state index in [4.69, 9.17) is 23.1 Å². The van der Waals surface area contributed by atoms with Gasteiger partial charge in [0.15, 0.2) is 5.96 Å². The summed E-state index contributed by atoms with van der Waals surface area (Å²) >= 11 is 5.88. The number of nitrogens with zero attached hydrogens (tertiary/aromatic N) is 2. The Hall–Kier alpha value is -2.08. The van der Waals surface area contributed by atoms with Crippen LogP contribution in [0, 0.1) is 5.92 Å². The Balaban J connectivity index is 0.000000274. The molecule has 1 aromatic carbocycles. The van der Waals surface area contributed by atoms with E-state index in [0.717, 1.165) is 30.1 Å². The van der Waals surface area contributed by atoms with E-state index < -0.39 is 0 Å². The number of aliphatic imine (C=N–C) groups is 1. The number of carbonyl (C=O) groups is 2. The van der Waals surface area contributed by atoms with Crippen LogP contribution in [0.2, 0.25) is 5.02 Å². The van der Waals surface area contributed by atoms with Crippen LogP contribution in [0.4, 0.5) is 0 Å². The molecule has 4 N–H and O–H groups in total. The number of amides is 2. The van der Waals surface area contributed by atoms with E-state index in [2.05, 4.69) is 4.99 Å². The molecule has 2 amide bonds. The molecule has 1 aromatic rings. The molecule has 0 atom stereocenters. The molecule has 1 aliphatic heterocycles. The van der Waals surface area contributed by atoms with Gasteiger partial charge in [0, 0.05) is 30.6 Å². The minimum Gasteiger partial charge on any atom is -0.370 e. The zero-order chi connectivity index (χ0) is 18.3. The number of guanidine groups is 1. The molecule has 24 heavy (non-hydrogen) atoms. The molecule has 0 aromatic heterocycles. The maximum atomic E-state index is 12.0. The second-order valence-electron chi connectivity index (χ2n) is 5.49. The van der Waals surface area contributed by atoms with Gasteiger partial charge in [0.25, 0.3) is 5.91 Å². The lowest BCUT2D eigenvalue weighted by molar-refractivity contribution is -0.115. The molecule has 0 bridgehead atoms. The van der Waals surface area contributed by atoms with E-state index >= 15 is 0 Å². The summed E-state index contributed by atoms with van der Waals surface area (Å²) in [6.07, 6.45) is 2.56. The van der Waals surface area contributed by atoms with E-state index in [1.54, 1.807) is 6.07 Å². The van der Waals surface area contributed by atoms with Crippen LogP contribution in [-0.4, -0.2) is 29.2 Å². The van der Waals surface area contributed by atoms with Crippen LogP contribution in [0.25, 0.3) is 0 Å². The SMILES string of the molecule is CC.CC(=O)N=C(N)N.O=C1c2cc(Cl)ccc2CN1CC1CC1. The lowest BCUT2D eigenvalue weighted by Gasteiger charge is -2.14. The third-order valence-corrected chi connectivity index (χ3v) is 3.65. The monoisotopic (exact) mass is 352 g/mol. The zero-order valence-corrected chi connectivity index (χ0v) is 15.1. The first-order valence-electron chi connectivity index (χ1n) is 8.04. The van der Waals surface area contributed by atoms with Crippen LogP contribution in [0.5, 0.6) is 0 Å². The molecule has 132 valence electrons. The molecule has 1 fully saturated rings. The summed E-state index contributed by atoms with van der Waals surface area (Å²) in [7, 11) is 0. The molecular weight excluding hydrogens is 328 g/mol. The van der Waals surface area contributed by atoms with Crippen LogP contribution in [0.15, 0.2) is 23.2 Å². The number of hydrogen-bond donors (Lipinski definition) is 2. The maximum Gasteiger partial charge on any atom is 0.254 e. The fourth-order valence-electron chi connectivity index (χ4n) is 2.27. The van der Waals surface area contributed by atoms with E-state index in [-0.39, 0.29) is 17.8 Å². The minimum absolute atomic E-state index is 0.152. The van der Waals surface area contributed by atoms with E-state index in [0.29, 0.717) is 5.02 Å². The molecule has 1 heterocycles. The Morgan fingerprint density at radius 3 is 2.42 bits per heavy atom. The first-order valence-corrected chi connectivity index (χ1v) is 8.42. The summed E-state index contributed by atoms with van der Waals surface area (Å²) in [5.74, 6) is 0.339. The number of carbonyl (C=O) groups excluding carboxylic acids is 2. The first-order chi connectivity index (χ1) is 11.4. The molecule has 1 aliphatic carbocycles. The van der Waals surface area contributed by atoms with Crippen molar-refractivity contribution < 1.29 is 9.59 Å². The van der Waals surface area contributed by atoms with Gasteiger partial charge in [-0.3, -0.25) is 9.59 Å². The molecular formula is C17H25ClN4O2. The van der Waals surface area contributed by atoms with Gasteiger partial charge in [0.2, 0.25) is 5.91 Å². The highest BCUT2D eigenvalue weighted by molar-refractivity contribution is 6.31. The summed E-state index contributed by atoms with van der Waals surface area (Å²) in [5, 5.41) is 0.648. The van der Waals surface area contributed by atoms with E-state index in [1.165, 1.54) is 19.8 Å². The average Bonchev–Trinajstić information content (AvgIpc) is 3.27. The fourth-order valence-corrected chi connectivity index (χ4v) is 2.45. The van der Waals surface area contributed by atoms with Gasteiger partial charge in [-0.2, -0.15) is 4.99 Å². The van der Waals surface area contributed by atoms with Crippen molar-refractivity contribution in [1.29, 1.82) is 0 Å². The summed E-state index contributed by atoms with van der Waals surface area (Å²) < 4.78 is 0. The number of nitrogens with two attached hydrogens (primary N) is 2. The Morgan fingerprint density at radius 2 is 1.96 bits per heavy atom. The molecule has 2 aliphatic rings. The summed E-state index contributed by atoms with van der Waals surface area (Å²) in [6.45, 7) is 6.96. The highest BCUT2D eigenvalue weighted by atomic mass is 35.5. The summed E-state index contributed by atoms with van der Waals surface area (Å²) in [5.41, 5.74) is 11.5. The van der Waals surface area contributed by atoms with Crippen molar-refractivity contribution in [2.75, 3.05) is 6.54 Å². The second-order valence-corrected chi connectivity index (χ2v) is 5.92. The molecule has 3 rings (SSSR count). The highest BCUT2D eigenvalue weighted by Crippen LogP contribution is 2.33. The minimum atomic E-state index is -0.375. The second kappa shape index (κ2) is 9.27. The third-order valence-electron chi connectivity index (χ3n) is 3.41. The number of halogens is 1. The Morgan fingerprint density at radius 1 is 1.33 bits per heavy atom. The van der Waals surface area contributed by atoms with Crippen LogP contribution >= 0.6 is 11.6 Å². The molecule has 0 radical (unpaired) electrons. The Kier molecular flexibility index (Phi) is 7.71. The predicted molar refractivity (Wildman–Crippen MR) is 96.8 cm³/mol. The van der Waals surface area contributed by atoms with Crippen LogP contribution in [0.3, 0.4) is 0 Å². The molecule has 1 saturated carbocycles. The number of benzene rings is 1. The van der Waals surface area contributed by atoms with Gasteiger partial charge >= 0.3 is 0 Å². The van der Waals surface area contributed by atoms with Crippen LogP contribution in [-0.2, 0) is 11.3 Å². The zero-order valence-electron chi connectivity index (χ0n) is 14.4. The Labute approximate surface area is 147 Å². The number of rotatable bonds is 2. The predicted octanol–water partition coefficient (Wildman–Crippen LogP) is 2.54. The van der Waals surface area contributed by atoms with Crippen molar-refractivity contribution in [3.8, 4) is 0 Å². The molecule has 0 saturated heterocycles. The van der Waals surface area contributed by atoms with Gasteiger partial charge in [-0.05, 0) is 36.5 Å². The van der Waals surface area contributed by atoms with Crippen LogP contribution in [0.1, 0.15) is 49.5 Å². The average molecular weight is 353 g/mol. The smallest absolute Gasteiger partial charge is 0.254 e. The van der Waals surface area contributed by atoms with Gasteiger partial charge in [-0.15, -0.1) is 0 Å². The molecule has 6 nitrogen and oxygen atoms in total. The normalized spacial score (nSPS) is 14.7. The van der Waals surface area contributed by atoms with Crippen molar-refractivity contribution in [1.82, 2.24) is 4.90 Å². The molecule has 0 spiro atoms. The van der Waals surface area contributed by atoms with Gasteiger partial charge in [-0.25, -0.2) is 0 Å². The van der Waals surface area contributed by atoms with Gasteiger partial charge in [0.1, 0.15) is 0 Å². The fraction of sp³-hybridized carbons (Fsp3) is 0.471. The largest absolute Gasteiger partial charge is 0.370 e. The third kappa shape index (κ3) is 6.20. The summed E-state index contributed by atoms with van der Waals surface area (Å²) in [4.78, 5) is 26.9. The molecule has 0 unspecified atom stereocenters. The highest BCUT2D eigenvalue weighted by Gasteiger charge is 2.32. The standard InChI is InChI=1S/C12H12ClNO.C3H7N3O.C2H6/c13-10-4-3-9-7-14(6-8-1-2-8)12(15)11(9)5-10;1-2(7)6-3(4)5;1-2/h3-5,8H,1-2,6-7H2;1H3,(H4,4,5,6,7);1-2H3. The van der Waals surface area contributed by atoms with Crippen molar-refractivity contribution in [3.63, 3.8) is 0 Å². The quantitative estimate of drug-likeness (QED) is 0.630. The van der Waals surface area contributed by atoms with E-state index in [1.807, 2.05) is 30.9 Å². The molecule has 7 heteroatoms. The number of hydrogen-bond acceptors (Lipinski definition) is 2.